The van der Waals surface area contributed by atoms with E-state index in [1.54, 1.807) is 11.3 Å². The van der Waals surface area contributed by atoms with E-state index < -0.39 is 0 Å². The third-order valence-corrected chi connectivity index (χ3v) is 5.44. The molecule has 1 fully saturated rings. The van der Waals surface area contributed by atoms with E-state index in [0.717, 1.165) is 11.0 Å². The van der Waals surface area contributed by atoms with Crippen LogP contribution in [0.4, 0.5) is 0 Å². The van der Waals surface area contributed by atoms with Crippen LogP contribution >= 0.6 is 27.3 Å². The topological polar surface area (TPSA) is 47.1 Å². The fourth-order valence-electron chi connectivity index (χ4n) is 2.55. The van der Waals surface area contributed by atoms with E-state index in [9.17, 15) is 0 Å². The minimum absolute atomic E-state index is 0.221. The molecule has 2 aromatic rings. The van der Waals surface area contributed by atoms with Gasteiger partial charge in [0.25, 0.3) is 0 Å². The number of imidazole rings is 1. The summed E-state index contributed by atoms with van der Waals surface area (Å²) in [5, 5.41) is 2.12. The molecule has 108 valence electrons. The van der Waals surface area contributed by atoms with Gasteiger partial charge in [-0.15, -0.1) is 11.3 Å². The minimum Gasteiger partial charge on any atom is -0.330 e. The first-order valence-corrected chi connectivity index (χ1v) is 8.51. The van der Waals surface area contributed by atoms with Crippen LogP contribution in [0.5, 0.6) is 0 Å². The maximum Gasteiger partial charge on any atom is 0.0951 e. The molecule has 0 aromatic carbocycles. The molecule has 0 aliphatic heterocycles. The number of likely N-dealkylation sites (N-methyl/N-ethyl adjacent to an activating group) is 1. The van der Waals surface area contributed by atoms with Crippen molar-refractivity contribution in [1.82, 2.24) is 14.5 Å². The van der Waals surface area contributed by atoms with Crippen LogP contribution in [-0.4, -0.2) is 28.0 Å². The summed E-state index contributed by atoms with van der Waals surface area (Å²) < 4.78 is 3.46. The Morgan fingerprint density at radius 1 is 1.60 bits per heavy atom. The highest BCUT2D eigenvalue weighted by atomic mass is 79.9. The molecule has 0 radical (unpaired) electrons. The van der Waals surface area contributed by atoms with Crippen molar-refractivity contribution < 1.29 is 0 Å². The normalized spacial score (nSPS) is 16.8. The van der Waals surface area contributed by atoms with Crippen LogP contribution in [0.1, 0.15) is 35.5 Å². The summed E-state index contributed by atoms with van der Waals surface area (Å²) in [5.74, 6) is 0. The van der Waals surface area contributed by atoms with Crippen molar-refractivity contribution in [2.75, 3.05) is 13.6 Å². The van der Waals surface area contributed by atoms with Crippen molar-refractivity contribution in [3.05, 3.63) is 39.0 Å². The monoisotopic (exact) mass is 354 g/mol. The number of halogens is 1. The Morgan fingerprint density at radius 2 is 2.40 bits per heavy atom. The summed E-state index contributed by atoms with van der Waals surface area (Å²) in [6.45, 7) is 1.52. The van der Waals surface area contributed by atoms with Crippen LogP contribution in [-0.2, 0) is 6.54 Å². The van der Waals surface area contributed by atoms with E-state index >= 15 is 0 Å². The predicted molar refractivity (Wildman–Crippen MR) is 85.8 cm³/mol. The first kappa shape index (κ1) is 14.3. The fourth-order valence-corrected chi connectivity index (χ4v) is 4.06. The van der Waals surface area contributed by atoms with Gasteiger partial charge in [0.15, 0.2) is 0 Å². The highest BCUT2D eigenvalue weighted by molar-refractivity contribution is 9.10. The molecular formula is C14H19BrN4S. The minimum atomic E-state index is 0.221. The zero-order chi connectivity index (χ0) is 14.1. The van der Waals surface area contributed by atoms with Crippen LogP contribution in [0.3, 0.4) is 0 Å². The van der Waals surface area contributed by atoms with Gasteiger partial charge in [0.05, 0.1) is 18.1 Å². The lowest BCUT2D eigenvalue weighted by molar-refractivity contribution is 0.234. The van der Waals surface area contributed by atoms with Crippen molar-refractivity contribution in [3.63, 3.8) is 0 Å². The van der Waals surface area contributed by atoms with Crippen LogP contribution in [0.25, 0.3) is 0 Å². The first-order chi connectivity index (χ1) is 9.69. The van der Waals surface area contributed by atoms with Gasteiger partial charge in [-0.3, -0.25) is 4.90 Å². The standard InChI is InChI=1S/C14H19BrN4S/c1-18(7-12-4-10(15)8-20-12)13(5-16)14-6-17-9-19(14)11-2-3-11/h4,6,8-9,11,13H,2-3,5,7,16H2,1H3. The van der Waals surface area contributed by atoms with Gasteiger partial charge in [-0.2, -0.15) is 0 Å². The molecule has 4 nitrogen and oxygen atoms in total. The van der Waals surface area contributed by atoms with E-state index in [-0.39, 0.29) is 6.04 Å². The Kier molecular flexibility index (Phi) is 4.26. The van der Waals surface area contributed by atoms with Gasteiger partial charge in [0.2, 0.25) is 0 Å². The maximum absolute atomic E-state index is 6.02. The van der Waals surface area contributed by atoms with Crippen LogP contribution in [0.2, 0.25) is 0 Å². The second-order valence-corrected chi connectivity index (χ2v) is 7.27. The predicted octanol–water partition coefficient (Wildman–Crippen LogP) is 3.17. The molecule has 0 amide bonds. The molecule has 0 spiro atoms. The Labute approximate surface area is 131 Å². The summed E-state index contributed by atoms with van der Waals surface area (Å²) >= 11 is 5.28. The number of nitrogens with two attached hydrogens (primary N) is 1. The Balaban J connectivity index is 1.76. The summed E-state index contributed by atoms with van der Waals surface area (Å²) in [6.07, 6.45) is 6.45. The highest BCUT2D eigenvalue weighted by Gasteiger charge is 2.29. The van der Waals surface area contributed by atoms with Crippen LogP contribution in [0.15, 0.2) is 28.4 Å². The van der Waals surface area contributed by atoms with E-state index in [4.69, 9.17) is 5.73 Å². The summed E-state index contributed by atoms with van der Waals surface area (Å²) in [6, 6.07) is 3.04. The Hall–Kier alpha value is -0.690. The number of nitrogens with zero attached hydrogens (tertiary/aromatic N) is 3. The number of rotatable bonds is 6. The molecule has 1 saturated carbocycles. The van der Waals surface area contributed by atoms with E-state index in [0.29, 0.717) is 12.6 Å². The van der Waals surface area contributed by atoms with Gasteiger partial charge >= 0.3 is 0 Å². The quantitative estimate of drug-likeness (QED) is 0.866. The molecule has 2 aromatic heterocycles. The maximum atomic E-state index is 6.02. The van der Waals surface area contributed by atoms with Crippen molar-refractivity contribution in [2.24, 2.45) is 5.73 Å². The molecular weight excluding hydrogens is 336 g/mol. The third-order valence-electron chi connectivity index (χ3n) is 3.76. The molecule has 1 atom stereocenters. The molecule has 3 rings (SSSR count). The molecule has 0 saturated heterocycles. The molecule has 0 bridgehead atoms. The first-order valence-electron chi connectivity index (χ1n) is 6.84. The second kappa shape index (κ2) is 5.97. The average Bonchev–Trinajstić information content (AvgIpc) is 3.02. The number of aromatic nitrogens is 2. The van der Waals surface area contributed by atoms with Gasteiger partial charge in [0.1, 0.15) is 0 Å². The zero-order valence-corrected chi connectivity index (χ0v) is 13.9. The van der Waals surface area contributed by atoms with Gasteiger partial charge < -0.3 is 10.3 Å². The van der Waals surface area contributed by atoms with Gasteiger partial charge in [-0.25, -0.2) is 4.98 Å². The smallest absolute Gasteiger partial charge is 0.0951 e. The largest absolute Gasteiger partial charge is 0.330 e. The summed E-state index contributed by atoms with van der Waals surface area (Å²) in [7, 11) is 2.13. The van der Waals surface area contributed by atoms with Gasteiger partial charge in [-0.1, -0.05) is 0 Å². The lowest BCUT2D eigenvalue weighted by atomic mass is 10.2. The second-order valence-electron chi connectivity index (χ2n) is 5.35. The van der Waals surface area contributed by atoms with Crippen LogP contribution in [0, 0.1) is 0 Å². The van der Waals surface area contributed by atoms with Crippen molar-refractivity contribution in [2.45, 2.75) is 31.5 Å². The van der Waals surface area contributed by atoms with E-state index in [1.165, 1.54) is 23.4 Å². The molecule has 1 aliphatic carbocycles. The van der Waals surface area contributed by atoms with Crippen molar-refractivity contribution >= 4 is 27.3 Å². The number of hydrogen-bond donors (Lipinski definition) is 1. The molecule has 1 aliphatic rings. The Bertz CT molecular complexity index is 575. The molecule has 20 heavy (non-hydrogen) atoms. The van der Waals surface area contributed by atoms with Crippen LogP contribution < -0.4 is 5.73 Å². The summed E-state index contributed by atoms with van der Waals surface area (Å²) in [4.78, 5) is 7.98. The van der Waals surface area contributed by atoms with E-state index in [2.05, 4.69) is 48.9 Å². The number of thiophene rings is 1. The highest BCUT2D eigenvalue weighted by Crippen LogP contribution is 2.37. The van der Waals surface area contributed by atoms with Gasteiger partial charge in [-0.05, 0) is 41.9 Å². The fraction of sp³-hybridized carbons (Fsp3) is 0.500. The SMILES string of the molecule is CN(Cc1cc(Br)cs1)C(CN)c1cncn1C1CC1. The van der Waals surface area contributed by atoms with E-state index in [1.807, 2.05) is 12.5 Å². The van der Waals surface area contributed by atoms with Crippen molar-refractivity contribution in [3.8, 4) is 0 Å². The van der Waals surface area contributed by atoms with Gasteiger partial charge in [0, 0.05) is 40.1 Å². The molecule has 6 heteroatoms. The molecule has 1 unspecified atom stereocenters. The summed E-state index contributed by atoms with van der Waals surface area (Å²) in [5.41, 5.74) is 7.27. The lowest BCUT2D eigenvalue weighted by Crippen LogP contribution is -2.31. The Morgan fingerprint density at radius 3 is 3.00 bits per heavy atom. The lowest BCUT2D eigenvalue weighted by Gasteiger charge is -2.27. The third kappa shape index (κ3) is 2.98. The zero-order valence-electron chi connectivity index (χ0n) is 11.5. The number of hydrogen-bond acceptors (Lipinski definition) is 4. The van der Waals surface area contributed by atoms with Crippen molar-refractivity contribution in [1.29, 1.82) is 0 Å². The molecule has 2 N–H and O–H groups in total. The average molecular weight is 355 g/mol. The molecule has 2 heterocycles.